The quantitative estimate of drug-likeness (QED) is 0.565. The van der Waals surface area contributed by atoms with Crippen LogP contribution in [0.25, 0.3) is 11.2 Å². The number of fused-ring (bicyclic) bond motifs is 2. The lowest BCUT2D eigenvalue weighted by atomic mass is 10.1. The lowest BCUT2D eigenvalue weighted by Gasteiger charge is -2.09. The molecule has 0 radical (unpaired) electrons. The fourth-order valence-corrected chi connectivity index (χ4v) is 3.43. The minimum absolute atomic E-state index is 0.396. The first kappa shape index (κ1) is 15.1. The molecule has 5 nitrogen and oxygen atoms in total. The fourth-order valence-electron chi connectivity index (χ4n) is 3.24. The van der Waals surface area contributed by atoms with Gasteiger partial charge in [-0.15, -0.1) is 0 Å². The summed E-state index contributed by atoms with van der Waals surface area (Å²) in [5.41, 5.74) is 6.26. The van der Waals surface area contributed by atoms with Crippen LogP contribution in [0.2, 0.25) is 5.15 Å². The maximum atomic E-state index is 6.46. The van der Waals surface area contributed by atoms with Crippen LogP contribution in [-0.2, 0) is 6.42 Å². The summed E-state index contributed by atoms with van der Waals surface area (Å²) in [5.74, 6) is 0.396. The highest BCUT2D eigenvalue weighted by Gasteiger charge is 2.15. The summed E-state index contributed by atoms with van der Waals surface area (Å²) in [5, 5.41) is 9.69. The molecule has 0 aliphatic carbocycles. The van der Waals surface area contributed by atoms with Gasteiger partial charge in [0.1, 0.15) is 0 Å². The molecule has 0 amide bonds. The number of hydrogen-bond donors (Lipinski definition) is 0. The number of nitrogens with zero attached hydrogens (tertiary/aromatic N) is 5. The van der Waals surface area contributed by atoms with E-state index in [0.29, 0.717) is 17.5 Å². The van der Waals surface area contributed by atoms with Crippen molar-refractivity contribution in [3.05, 3.63) is 64.3 Å². The Kier molecular flexibility index (Phi) is 3.53. The van der Waals surface area contributed by atoms with Crippen LogP contribution >= 0.6 is 11.6 Å². The van der Waals surface area contributed by atoms with E-state index in [4.69, 9.17) is 11.6 Å². The van der Waals surface area contributed by atoms with Crippen molar-refractivity contribution in [2.45, 2.75) is 33.1 Å². The van der Waals surface area contributed by atoms with Crippen molar-refractivity contribution in [3.63, 3.8) is 0 Å². The summed E-state index contributed by atoms with van der Waals surface area (Å²) in [7, 11) is 0. The molecule has 0 spiro atoms. The highest BCUT2D eigenvalue weighted by molar-refractivity contribution is 6.30. The van der Waals surface area contributed by atoms with E-state index in [2.05, 4.69) is 48.1 Å². The van der Waals surface area contributed by atoms with Gasteiger partial charge >= 0.3 is 0 Å². The molecule has 4 rings (SSSR count). The van der Waals surface area contributed by atoms with Gasteiger partial charge in [0.25, 0.3) is 0 Å². The number of rotatable bonds is 3. The van der Waals surface area contributed by atoms with Crippen LogP contribution < -0.4 is 0 Å². The molecule has 4 heterocycles. The monoisotopic (exact) mass is 339 g/mol. The molecule has 0 atom stereocenters. The highest BCUT2D eigenvalue weighted by atomic mass is 35.5. The SMILES string of the molecule is Cc1cc2cc(Cc3ccc4nccn4n3)c(Cl)nn2c1C(C)C. The van der Waals surface area contributed by atoms with E-state index in [0.717, 1.165) is 22.4 Å². The second kappa shape index (κ2) is 5.60. The summed E-state index contributed by atoms with van der Waals surface area (Å²) in [4.78, 5) is 4.21. The fraction of sp³-hybridized carbons (Fsp3) is 0.278. The van der Waals surface area contributed by atoms with Gasteiger partial charge in [0.05, 0.1) is 11.2 Å². The van der Waals surface area contributed by atoms with Gasteiger partial charge in [0, 0.05) is 24.5 Å². The van der Waals surface area contributed by atoms with Crippen molar-refractivity contribution in [2.24, 2.45) is 0 Å². The molecule has 6 heteroatoms. The van der Waals surface area contributed by atoms with Crippen LogP contribution in [0.4, 0.5) is 0 Å². The molecule has 0 saturated carbocycles. The van der Waals surface area contributed by atoms with Gasteiger partial charge in [0.2, 0.25) is 0 Å². The summed E-state index contributed by atoms with van der Waals surface area (Å²) in [6, 6.07) is 8.20. The Morgan fingerprint density at radius 2 is 2.00 bits per heavy atom. The van der Waals surface area contributed by atoms with Crippen LogP contribution in [0, 0.1) is 6.92 Å². The maximum absolute atomic E-state index is 6.46. The Labute approximate surface area is 144 Å². The first-order valence-corrected chi connectivity index (χ1v) is 8.37. The zero-order chi connectivity index (χ0) is 16.8. The van der Waals surface area contributed by atoms with Gasteiger partial charge in [-0.25, -0.2) is 14.0 Å². The normalized spacial score (nSPS) is 11.9. The molecular formula is C18H18ClN5. The van der Waals surface area contributed by atoms with Crippen molar-refractivity contribution in [2.75, 3.05) is 0 Å². The molecule has 0 saturated heterocycles. The predicted octanol–water partition coefficient (Wildman–Crippen LogP) is 4.05. The lowest BCUT2D eigenvalue weighted by Crippen LogP contribution is -2.04. The lowest BCUT2D eigenvalue weighted by molar-refractivity contribution is 0.749. The van der Waals surface area contributed by atoms with Crippen LogP contribution in [-0.4, -0.2) is 24.2 Å². The minimum Gasteiger partial charge on any atom is -0.236 e. The van der Waals surface area contributed by atoms with Crippen molar-refractivity contribution in [1.82, 2.24) is 24.2 Å². The summed E-state index contributed by atoms with van der Waals surface area (Å²) < 4.78 is 3.73. The average Bonchev–Trinajstić information content (AvgIpc) is 3.10. The molecule has 0 aliphatic heterocycles. The van der Waals surface area contributed by atoms with E-state index < -0.39 is 0 Å². The van der Waals surface area contributed by atoms with Crippen LogP contribution in [0.5, 0.6) is 0 Å². The summed E-state index contributed by atoms with van der Waals surface area (Å²) >= 11 is 6.46. The van der Waals surface area contributed by atoms with E-state index in [1.807, 2.05) is 22.8 Å². The standard InChI is InChI=1S/C18H18ClN5/c1-11(2)17-12(3)8-15-10-13(18(19)22-24(15)17)9-14-4-5-16-20-6-7-23(16)21-14/h4-8,10-11H,9H2,1-3H3. The van der Waals surface area contributed by atoms with Gasteiger partial charge in [-0.3, -0.25) is 0 Å². The van der Waals surface area contributed by atoms with E-state index >= 15 is 0 Å². The molecule has 0 aromatic carbocycles. The molecule has 0 unspecified atom stereocenters. The number of imidazole rings is 1. The number of halogens is 1. The Morgan fingerprint density at radius 3 is 2.79 bits per heavy atom. The van der Waals surface area contributed by atoms with E-state index in [1.54, 1.807) is 10.7 Å². The third-order valence-electron chi connectivity index (χ3n) is 4.24. The van der Waals surface area contributed by atoms with Crippen LogP contribution in [0.1, 0.15) is 42.3 Å². The van der Waals surface area contributed by atoms with Crippen molar-refractivity contribution < 1.29 is 0 Å². The second-order valence-corrected chi connectivity index (χ2v) is 6.75. The molecule has 4 aromatic heterocycles. The Bertz CT molecular complexity index is 1040. The summed E-state index contributed by atoms with van der Waals surface area (Å²) in [6.45, 7) is 6.46. The smallest absolute Gasteiger partial charge is 0.153 e. The molecule has 24 heavy (non-hydrogen) atoms. The number of aromatic nitrogens is 5. The van der Waals surface area contributed by atoms with E-state index in [9.17, 15) is 0 Å². The Balaban J connectivity index is 1.77. The van der Waals surface area contributed by atoms with Gasteiger partial charge in [0.15, 0.2) is 10.8 Å². The molecule has 0 fully saturated rings. The van der Waals surface area contributed by atoms with Crippen molar-refractivity contribution in [1.29, 1.82) is 0 Å². The first-order chi connectivity index (χ1) is 11.5. The number of hydrogen-bond acceptors (Lipinski definition) is 3. The predicted molar refractivity (Wildman–Crippen MR) is 94.8 cm³/mol. The first-order valence-electron chi connectivity index (χ1n) is 8.00. The van der Waals surface area contributed by atoms with Gasteiger partial charge in [-0.05, 0) is 48.2 Å². The van der Waals surface area contributed by atoms with E-state index in [-0.39, 0.29) is 0 Å². The Morgan fingerprint density at radius 1 is 1.17 bits per heavy atom. The number of aryl methyl sites for hydroxylation is 1. The minimum atomic E-state index is 0.396. The topological polar surface area (TPSA) is 47.5 Å². The maximum Gasteiger partial charge on any atom is 0.153 e. The zero-order valence-corrected chi connectivity index (χ0v) is 14.6. The van der Waals surface area contributed by atoms with Gasteiger partial charge in [-0.1, -0.05) is 25.4 Å². The van der Waals surface area contributed by atoms with Gasteiger partial charge in [-0.2, -0.15) is 10.2 Å². The molecule has 0 N–H and O–H groups in total. The molecular weight excluding hydrogens is 322 g/mol. The molecule has 0 bridgehead atoms. The average molecular weight is 340 g/mol. The van der Waals surface area contributed by atoms with Crippen molar-refractivity contribution >= 4 is 22.8 Å². The Hall–Kier alpha value is -2.40. The van der Waals surface area contributed by atoms with E-state index in [1.165, 1.54) is 11.3 Å². The third kappa shape index (κ3) is 2.45. The zero-order valence-electron chi connectivity index (χ0n) is 13.9. The third-order valence-corrected chi connectivity index (χ3v) is 4.56. The largest absolute Gasteiger partial charge is 0.236 e. The second-order valence-electron chi connectivity index (χ2n) is 6.40. The van der Waals surface area contributed by atoms with Gasteiger partial charge < -0.3 is 0 Å². The van der Waals surface area contributed by atoms with Crippen LogP contribution in [0.15, 0.2) is 36.7 Å². The highest BCUT2D eigenvalue weighted by Crippen LogP contribution is 2.26. The van der Waals surface area contributed by atoms with Crippen LogP contribution in [0.3, 0.4) is 0 Å². The van der Waals surface area contributed by atoms with Crippen molar-refractivity contribution in [3.8, 4) is 0 Å². The molecule has 4 aromatic rings. The summed E-state index contributed by atoms with van der Waals surface area (Å²) in [6.07, 6.45) is 4.22. The molecule has 122 valence electrons. The molecule has 0 aliphatic rings.